The van der Waals surface area contributed by atoms with Crippen LogP contribution in [0.25, 0.3) is 0 Å². The molecule has 0 spiro atoms. The maximum Gasteiger partial charge on any atom is 0.278 e. The van der Waals surface area contributed by atoms with Crippen LogP contribution in [0.3, 0.4) is 0 Å². The first kappa shape index (κ1) is 22.0. The molecule has 0 saturated carbocycles. The third-order valence-electron chi connectivity index (χ3n) is 4.79. The number of amides is 2. The highest BCUT2D eigenvalue weighted by molar-refractivity contribution is 8.04. The van der Waals surface area contributed by atoms with E-state index in [1.807, 2.05) is 73.7 Å². The Kier molecular flexibility index (Phi) is 6.83. The largest absolute Gasteiger partial charge is 0.492 e. The molecule has 1 aliphatic heterocycles. The summed E-state index contributed by atoms with van der Waals surface area (Å²) < 4.78 is 5.68. The zero-order valence-corrected chi connectivity index (χ0v) is 19.0. The highest BCUT2D eigenvalue weighted by atomic mass is 35.5. The van der Waals surface area contributed by atoms with Crippen LogP contribution in [0.2, 0.25) is 5.02 Å². The van der Waals surface area contributed by atoms with Crippen molar-refractivity contribution in [1.82, 2.24) is 4.90 Å². The van der Waals surface area contributed by atoms with E-state index < -0.39 is 0 Å². The van der Waals surface area contributed by atoms with Gasteiger partial charge in [-0.3, -0.25) is 14.5 Å². The molecule has 0 atom stereocenters. The standard InChI is InChI=1S/C25H21ClN2O3S/c1-2-31-21-11-7-6-10-20(21)27-22-23(32-19-14-12-18(26)13-15-19)25(30)28(24(22)29)16-17-8-4-3-5-9-17/h3-15,27H,2,16H2,1H3. The number of rotatable bonds is 8. The van der Waals surface area contributed by atoms with Crippen molar-refractivity contribution in [3.05, 3.63) is 100 Å². The number of carbonyl (C=O) groups excluding carboxylic acids is 2. The molecule has 1 aliphatic rings. The molecule has 0 aliphatic carbocycles. The topological polar surface area (TPSA) is 58.6 Å². The van der Waals surface area contributed by atoms with Gasteiger partial charge in [-0.15, -0.1) is 0 Å². The summed E-state index contributed by atoms with van der Waals surface area (Å²) in [5.41, 5.74) is 1.74. The Morgan fingerprint density at radius 2 is 1.59 bits per heavy atom. The van der Waals surface area contributed by atoms with Crippen molar-refractivity contribution in [2.45, 2.75) is 18.4 Å². The maximum absolute atomic E-state index is 13.4. The Labute approximate surface area is 196 Å². The van der Waals surface area contributed by atoms with Gasteiger partial charge >= 0.3 is 0 Å². The van der Waals surface area contributed by atoms with E-state index in [1.165, 1.54) is 16.7 Å². The Bertz CT molecular complexity index is 1160. The van der Waals surface area contributed by atoms with E-state index in [-0.39, 0.29) is 24.1 Å². The van der Waals surface area contributed by atoms with Gasteiger partial charge in [0.15, 0.2) is 0 Å². The third-order valence-corrected chi connectivity index (χ3v) is 6.13. The molecule has 0 aromatic heterocycles. The zero-order chi connectivity index (χ0) is 22.5. The van der Waals surface area contributed by atoms with E-state index in [4.69, 9.17) is 16.3 Å². The predicted molar refractivity (Wildman–Crippen MR) is 128 cm³/mol. The summed E-state index contributed by atoms with van der Waals surface area (Å²) in [6, 6.07) is 23.9. The average Bonchev–Trinajstić information content (AvgIpc) is 3.02. The van der Waals surface area contributed by atoms with Crippen molar-refractivity contribution in [2.75, 3.05) is 11.9 Å². The van der Waals surface area contributed by atoms with Crippen LogP contribution in [0.1, 0.15) is 12.5 Å². The van der Waals surface area contributed by atoms with Gasteiger partial charge in [-0.2, -0.15) is 0 Å². The lowest BCUT2D eigenvalue weighted by molar-refractivity contribution is -0.137. The van der Waals surface area contributed by atoms with Crippen molar-refractivity contribution in [2.24, 2.45) is 0 Å². The molecule has 0 radical (unpaired) electrons. The van der Waals surface area contributed by atoms with Crippen molar-refractivity contribution in [3.63, 3.8) is 0 Å². The second-order valence-electron chi connectivity index (χ2n) is 7.00. The molecule has 0 saturated heterocycles. The van der Waals surface area contributed by atoms with Crippen LogP contribution < -0.4 is 10.1 Å². The molecule has 0 fully saturated rings. The lowest BCUT2D eigenvalue weighted by Gasteiger charge is -2.16. The van der Waals surface area contributed by atoms with Crippen LogP contribution in [0, 0.1) is 0 Å². The number of nitrogens with zero attached hydrogens (tertiary/aromatic N) is 1. The highest BCUT2D eigenvalue weighted by Gasteiger charge is 2.39. The van der Waals surface area contributed by atoms with Gasteiger partial charge in [-0.05, 0) is 48.9 Å². The van der Waals surface area contributed by atoms with Crippen molar-refractivity contribution >= 4 is 40.9 Å². The van der Waals surface area contributed by atoms with Gasteiger partial charge in [-0.25, -0.2) is 0 Å². The molecular formula is C25H21ClN2O3S. The summed E-state index contributed by atoms with van der Waals surface area (Å²) in [7, 11) is 0. The van der Waals surface area contributed by atoms with Crippen molar-refractivity contribution in [3.8, 4) is 5.75 Å². The van der Waals surface area contributed by atoms with Crippen LogP contribution >= 0.6 is 23.4 Å². The second-order valence-corrected chi connectivity index (χ2v) is 8.52. The van der Waals surface area contributed by atoms with Gasteiger partial charge in [0.2, 0.25) is 0 Å². The first-order valence-electron chi connectivity index (χ1n) is 10.1. The van der Waals surface area contributed by atoms with Gasteiger partial charge < -0.3 is 10.1 Å². The molecule has 3 aromatic rings. The number of imide groups is 1. The molecule has 4 rings (SSSR count). The zero-order valence-electron chi connectivity index (χ0n) is 17.4. The first-order chi connectivity index (χ1) is 15.6. The van der Waals surface area contributed by atoms with Crippen LogP contribution in [0.15, 0.2) is 94.4 Å². The normalized spacial score (nSPS) is 13.6. The lowest BCUT2D eigenvalue weighted by atomic mass is 10.2. The number of hydrogen-bond acceptors (Lipinski definition) is 5. The SMILES string of the molecule is CCOc1ccccc1NC1=C(Sc2ccc(Cl)cc2)C(=O)N(Cc2ccccc2)C1=O. The quantitative estimate of drug-likeness (QED) is 0.432. The minimum Gasteiger partial charge on any atom is -0.492 e. The van der Waals surface area contributed by atoms with Crippen LogP contribution in [0.5, 0.6) is 5.75 Å². The van der Waals surface area contributed by atoms with Crippen LogP contribution in [-0.2, 0) is 16.1 Å². The molecule has 1 heterocycles. The number of carbonyl (C=O) groups is 2. The minimum absolute atomic E-state index is 0.196. The van der Waals surface area contributed by atoms with E-state index in [0.29, 0.717) is 28.0 Å². The minimum atomic E-state index is -0.374. The van der Waals surface area contributed by atoms with Crippen molar-refractivity contribution in [1.29, 1.82) is 0 Å². The first-order valence-corrected chi connectivity index (χ1v) is 11.3. The molecule has 32 heavy (non-hydrogen) atoms. The van der Waals surface area contributed by atoms with E-state index in [0.717, 1.165) is 10.5 Å². The molecule has 5 nitrogen and oxygen atoms in total. The smallest absolute Gasteiger partial charge is 0.278 e. The maximum atomic E-state index is 13.4. The Morgan fingerprint density at radius 1 is 0.906 bits per heavy atom. The number of anilines is 1. The fourth-order valence-corrected chi connectivity index (χ4v) is 4.35. The number of nitrogens with one attached hydrogen (secondary N) is 1. The Hall–Kier alpha value is -3.22. The Balaban J connectivity index is 1.69. The molecule has 3 aromatic carbocycles. The number of thioether (sulfide) groups is 1. The van der Waals surface area contributed by atoms with E-state index >= 15 is 0 Å². The molecule has 0 bridgehead atoms. The number of benzene rings is 3. The van der Waals surface area contributed by atoms with Crippen LogP contribution in [-0.4, -0.2) is 23.3 Å². The van der Waals surface area contributed by atoms with E-state index in [1.54, 1.807) is 12.1 Å². The molecule has 1 N–H and O–H groups in total. The van der Waals surface area contributed by atoms with Crippen LogP contribution in [0.4, 0.5) is 5.69 Å². The van der Waals surface area contributed by atoms with Gasteiger partial charge in [0.05, 0.1) is 18.8 Å². The number of ether oxygens (including phenoxy) is 1. The second kappa shape index (κ2) is 9.94. The summed E-state index contributed by atoms with van der Waals surface area (Å²) in [6.07, 6.45) is 0. The van der Waals surface area contributed by atoms with Crippen molar-refractivity contribution < 1.29 is 14.3 Å². The summed E-state index contributed by atoms with van der Waals surface area (Å²) in [4.78, 5) is 29.1. The predicted octanol–water partition coefficient (Wildman–Crippen LogP) is 5.72. The molecule has 162 valence electrons. The fraction of sp³-hybridized carbons (Fsp3) is 0.120. The third kappa shape index (κ3) is 4.82. The molecule has 7 heteroatoms. The molecule has 2 amide bonds. The molecule has 0 unspecified atom stereocenters. The summed E-state index contributed by atoms with van der Waals surface area (Å²) in [6.45, 7) is 2.57. The Morgan fingerprint density at radius 3 is 2.31 bits per heavy atom. The highest BCUT2D eigenvalue weighted by Crippen LogP contribution is 2.38. The summed E-state index contributed by atoms with van der Waals surface area (Å²) >= 11 is 7.24. The number of hydrogen-bond donors (Lipinski definition) is 1. The summed E-state index contributed by atoms with van der Waals surface area (Å²) in [5.74, 6) is -0.100. The van der Waals surface area contributed by atoms with E-state index in [2.05, 4.69) is 5.32 Å². The van der Waals surface area contributed by atoms with Gasteiger partial charge in [0.25, 0.3) is 11.8 Å². The number of halogens is 1. The van der Waals surface area contributed by atoms with Gasteiger partial charge in [0, 0.05) is 9.92 Å². The average molecular weight is 465 g/mol. The summed E-state index contributed by atoms with van der Waals surface area (Å²) in [5, 5.41) is 3.77. The fourth-order valence-electron chi connectivity index (χ4n) is 3.27. The van der Waals surface area contributed by atoms with E-state index in [9.17, 15) is 9.59 Å². The van der Waals surface area contributed by atoms with Gasteiger partial charge in [0.1, 0.15) is 16.4 Å². The molecular weight excluding hydrogens is 444 g/mol. The monoisotopic (exact) mass is 464 g/mol. The van der Waals surface area contributed by atoms with Gasteiger partial charge in [-0.1, -0.05) is 65.8 Å². The lowest BCUT2D eigenvalue weighted by Crippen LogP contribution is -2.31. The number of para-hydroxylation sites is 2.